The fourth-order valence-corrected chi connectivity index (χ4v) is 5.66. The lowest BCUT2D eigenvalue weighted by atomic mass is 10.2. The van der Waals surface area contributed by atoms with Gasteiger partial charge in [-0.2, -0.15) is 0 Å². The Kier molecular flexibility index (Phi) is 8.12. The van der Waals surface area contributed by atoms with E-state index < -0.39 is 10.0 Å². The van der Waals surface area contributed by atoms with Crippen LogP contribution in [0.3, 0.4) is 0 Å². The molecule has 1 heterocycles. The Bertz CT molecular complexity index is 1260. The molecule has 1 aliphatic heterocycles. The topological polar surface area (TPSA) is 79.4 Å². The average Bonchev–Trinajstić information content (AvgIpc) is 2.92. The summed E-state index contributed by atoms with van der Waals surface area (Å²) in [5.74, 6) is 0.488. The van der Waals surface area contributed by atoms with Gasteiger partial charge >= 0.3 is 0 Å². The number of sulfonamides is 1. The summed E-state index contributed by atoms with van der Waals surface area (Å²) in [5, 5.41) is 0. The van der Waals surface area contributed by atoms with Crippen LogP contribution >= 0.6 is 0 Å². The third-order valence-electron chi connectivity index (χ3n) is 6.24. The second kappa shape index (κ2) is 11.5. The van der Waals surface area contributed by atoms with Crippen molar-refractivity contribution in [2.75, 3.05) is 51.2 Å². The lowest BCUT2D eigenvalue weighted by Gasteiger charge is -2.36. The van der Waals surface area contributed by atoms with E-state index in [-0.39, 0.29) is 17.3 Å². The van der Waals surface area contributed by atoms with E-state index in [0.29, 0.717) is 30.3 Å². The van der Waals surface area contributed by atoms with Gasteiger partial charge in [0.1, 0.15) is 6.54 Å². The summed E-state index contributed by atoms with van der Waals surface area (Å²) in [5.41, 5.74) is 1.65. The Morgan fingerprint density at radius 1 is 0.833 bits per heavy atom. The zero-order valence-electron chi connectivity index (χ0n) is 20.5. The van der Waals surface area contributed by atoms with Crippen molar-refractivity contribution in [3.63, 3.8) is 0 Å². The van der Waals surface area contributed by atoms with E-state index in [1.807, 2.05) is 18.2 Å². The highest BCUT2D eigenvalue weighted by molar-refractivity contribution is 7.92. The Balaban J connectivity index is 1.51. The van der Waals surface area contributed by atoms with Gasteiger partial charge in [-0.3, -0.25) is 14.0 Å². The van der Waals surface area contributed by atoms with Crippen LogP contribution in [0.1, 0.15) is 5.56 Å². The van der Waals surface area contributed by atoms with Crippen LogP contribution in [0, 0.1) is 0 Å². The normalized spacial score (nSPS) is 14.3. The molecule has 0 unspecified atom stereocenters. The largest absolute Gasteiger partial charge is 0.493 e. The smallest absolute Gasteiger partial charge is 0.264 e. The number of benzene rings is 3. The van der Waals surface area contributed by atoms with E-state index in [4.69, 9.17) is 9.47 Å². The van der Waals surface area contributed by atoms with Gasteiger partial charge in [-0.1, -0.05) is 48.5 Å². The van der Waals surface area contributed by atoms with Crippen LogP contribution in [0.5, 0.6) is 11.5 Å². The van der Waals surface area contributed by atoms with Gasteiger partial charge in [0, 0.05) is 38.8 Å². The van der Waals surface area contributed by atoms with Crippen LogP contribution in [0.2, 0.25) is 0 Å². The quantitative estimate of drug-likeness (QED) is 0.441. The van der Waals surface area contributed by atoms with Crippen molar-refractivity contribution in [2.24, 2.45) is 0 Å². The molecule has 0 bridgehead atoms. The molecule has 0 saturated carbocycles. The third kappa shape index (κ3) is 5.80. The van der Waals surface area contributed by atoms with Gasteiger partial charge < -0.3 is 14.4 Å². The fraction of sp³-hybridized carbons (Fsp3) is 0.296. The number of anilines is 1. The number of carbonyl (C=O) groups is 1. The van der Waals surface area contributed by atoms with Gasteiger partial charge in [-0.15, -0.1) is 0 Å². The molecule has 36 heavy (non-hydrogen) atoms. The Morgan fingerprint density at radius 3 is 2.06 bits per heavy atom. The number of carbonyl (C=O) groups excluding carboxylic acids is 1. The van der Waals surface area contributed by atoms with Gasteiger partial charge in [0.15, 0.2) is 11.5 Å². The standard InChI is InChI=1S/C27H31N3O5S/c1-34-25-14-13-24(19-26(25)35-2)36(32,33)30(23-11-7-4-8-12-23)21-27(31)29-17-15-28(16-18-29)20-22-9-5-3-6-10-22/h3-14,19H,15-18,20-21H2,1-2H3. The molecular weight excluding hydrogens is 478 g/mol. The van der Waals surface area contributed by atoms with E-state index in [1.165, 1.54) is 31.9 Å². The van der Waals surface area contributed by atoms with E-state index >= 15 is 0 Å². The number of nitrogens with zero attached hydrogens (tertiary/aromatic N) is 3. The molecule has 3 aromatic carbocycles. The van der Waals surface area contributed by atoms with E-state index in [1.54, 1.807) is 41.3 Å². The maximum absolute atomic E-state index is 13.7. The third-order valence-corrected chi connectivity index (χ3v) is 8.01. The van der Waals surface area contributed by atoms with Crippen LogP contribution < -0.4 is 13.8 Å². The fourth-order valence-electron chi connectivity index (χ4n) is 4.23. The summed E-state index contributed by atoms with van der Waals surface area (Å²) in [4.78, 5) is 17.4. The zero-order chi connectivity index (χ0) is 25.5. The molecular formula is C27H31N3O5S. The summed E-state index contributed by atoms with van der Waals surface area (Å²) in [6, 6.07) is 23.3. The SMILES string of the molecule is COc1ccc(S(=O)(=O)N(CC(=O)N2CCN(Cc3ccccc3)CC2)c2ccccc2)cc1OC. The minimum atomic E-state index is -4.06. The van der Waals surface area contributed by atoms with Gasteiger partial charge in [0.2, 0.25) is 5.91 Å². The molecule has 9 heteroatoms. The molecule has 190 valence electrons. The van der Waals surface area contributed by atoms with Gasteiger partial charge in [-0.25, -0.2) is 8.42 Å². The minimum Gasteiger partial charge on any atom is -0.493 e. The second-order valence-electron chi connectivity index (χ2n) is 8.51. The lowest BCUT2D eigenvalue weighted by Crippen LogP contribution is -2.51. The molecule has 1 fully saturated rings. The summed E-state index contributed by atoms with van der Waals surface area (Å²) in [7, 11) is -1.12. The molecule has 3 aromatic rings. The van der Waals surface area contributed by atoms with Crippen LogP contribution in [-0.4, -0.2) is 71.1 Å². The molecule has 0 radical (unpaired) electrons. The first-order valence-corrected chi connectivity index (χ1v) is 13.2. The van der Waals surface area contributed by atoms with Crippen molar-refractivity contribution in [2.45, 2.75) is 11.4 Å². The first-order chi connectivity index (χ1) is 17.4. The predicted molar refractivity (Wildman–Crippen MR) is 139 cm³/mol. The van der Waals surface area contributed by atoms with Crippen molar-refractivity contribution in [3.8, 4) is 11.5 Å². The number of ether oxygens (including phenoxy) is 2. The first kappa shape index (κ1) is 25.5. The monoisotopic (exact) mass is 509 g/mol. The molecule has 1 aliphatic rings. The Labute approximate surface area is 212 Å². The first-order valence-electron chi connectivity index (χ1n) is 11.8. The molecule has 4 rings (SSSR count). The van der Waals surface area contributed by atoms with Gasteiger partial charge in [-0.05, 0) is 29.8 Å². The highest BCUT2D eigenvalue weighted by Gasteiger charge is 2.31. The van der Waals surface area contributed by atoms with E-state index in [9.17, 15) is 13.2 Å². The summed E-state index contributed by atoms with van der Waals surface area (Å²) < 4.78 is 39.1. The molecule has 0 atom stereocenters. The van der Waals surface area contributed by atoms with Crippen molar-refractivity contribution in [3.05, 3.63) is 84.4 Å². The second-order valence-corrected chi connectivity index (χ2v) is 10.4. The van der Waals surface area contributed by atoms with Crippen molar-refractivity contribution < 1.29 is 22.7 Å². The number of hydrogen-bond donors (Lipinski definition) is 0. The number of methoxy groups -OCH3 is 2. The highest BCUT2D eigenvalue weighted by Crippen LogP contribution is 2.32. The number of rotatable bonds is 9. The maximum atomic E-state index is 13.7. The number of hydrogen-bond acceptors (Lipinski definition) is 6. The van der Waals surface area contributed by atoms with Gasteiger partial charge in [0.05, 0.1) is 24.8 Å². The predicted octanol–water partition coefficient (Wildman–Crippen LogP) is 3.24. The average molecular weight is 510 g/mol. The lowest BCUT2D eigenvalue weighted by molar-refractivity contribution is -0.131. The minimum absolute atomic E-state index is 0.0180. The molecule has 8 nitrogen and oxygen atoms in total. The summed E-state index contributed by atoms with van der Waals surface area (Å²) in [6.07, 6.45) is 0. The molecule has 0 spiro atoms. The van der Waals surface area contributed by atoms with Gasteiger partial charge in [0.25, 0.3) is 10.0 Å². The Hall–Kier alpha value is -3.56. The van der Waals surface area contributed by atoms with Crippen LogP contribution in [0.25, 0.3) is 0 Å². The van der Waals surface area contributed by atoms with Crippen molar-refractivity contribution in [1.29, 1.82) is 0 Å². The van der Waals surface area contributed by atoms with E-state index in [2.05, 4.69) is 17.0 Å². The number of para-hydroxylation sites is 1. The van der Waals surface area contributed by atoms with E-state index in [0.717, 1.165) is 23.9 Å². The summed E-state index contributed by atoms with van der Waals surface area (Å²) >= 11 is 0. The highest BCUT2D eigenvalue weighted by atomic mass is 32.2. The van der Waals surface area contributed by atoms with Crippen molar-refractivity contribution >= 4 is 21.6 Å². The molecule has 0 aliphatic carbocycles. The summed E-state index contributed by atoms with van der Waals surface area (Å²) in [6.45, 7) is 3.09. The van der Waals surface area contributed by atoms with Crippen LogP contribution in [-0.2, 0) is 21.4 Å². The molecule has 1 amide bonds. The van der Waals surface area contributed by atoms with Crippen LogP contribution in [0.15, 0.2) is 83.8 Å². The van der Waals surface area contributed by atoms with Crippen LogP contribution in [0.4, 0.5) is 5.69 Å². The Morgan fingerprint density at radius 2 is 1.44 bits per heavy atom. The number of piperazine rings is 1. The molecule has 1 saturated heterocycles. The zero-order valence-corrected chi connectivity index (χ0v) is 21.4. The molecule has 0 aromatic heterocycles. The maximum Gasteiger partial charge on any atom is 0.264 e. The van der Waals surface area contributed by atoms with Crippen molar-refractivity contribution in [1.82, 2.24) is 9.80 Å². The number of amides is 1. The molecule has 0 N–H and O–H groups in total.